The molecule has 1 fully saturated rings. The van der Waals surface area contributed by atoms with Crippen LogP contribution in [0.25, 0.3) is 0 Å². The maximum Gasteiger partial charge on any atom is 0.246 e. The van der Waals surface area contributed by atoms with Crippen molar-refractivity contribution in [1.29, 1.82) is 0 Å². The van der Waals surface area contributed by atoms with Gasteiger partial charge < -0.3 is 5.11 Å². The third-order valence-electron chi connectivity index (χ3n) is 3.31. The molecule has 1 aliphatic heterocycles. The number of hydrogen-bond acceptors (Lipinski definition) is 3. The van der Waals surface area contributed by atoms with Crippen molar-refractivity contribution in [2.75, 3.05) is 13.1 Å². The van der Waals surface area contributed by atoms with E-state index in [0.29, 0.717) is 6.07 Å². The summed E-state index contributed by atoms with van der Waals surface area (Å²) < 4.78 is 52.1. The molecule has 1 heterocycles. The van der Waals surface area contributed by atoms with Crippen molar-refractivity contribution >= 4 is 10.0 Å². The monoisotopic (exact) mass is 291 g/mol. The summed E-state index contributed by atoms with van der Waals surface area (Å²) in [7, 11) is -4.06. The Morgan fingerprint density at radius 3 is 2.42 bits per heavy atom. The topological polar surface area (TPSA) is 57.6 Å². The lowest BCUT2D eigenvalue weighted by molar-refractivity contribution is 0.0125. The third kappa shape index (κ3) is 2.93. The molecule has 1 N–H and O–H groups in total. The van der Waals surface area contributed by atoms with Crippen LogP contribution in [0.4, 0.5) is 8.78 Å². The Bertz CT molecular complexity index is 577. The number of halogens is 2. The van der Waals surface area contributed by atoms with Gasteiger partial charge in [0.1, 0.15) is 16.5 Å². The Kier molecular flexibility index (Phi) is 3.63. The average molecular weight is 291 g/mol. The maximum absolute atomic E-state index is 13.6. The van der Waals surface area contributed by atoms with Crippen LogP contribution in [-0.4, -0.2) is 36.5 Å². The molecule has 2 rings (SSSR count). The fourth-order valence-electron chi connectivity index (χ4n) is 2.02. The molecule has 1 saturated heterocycles. The van der Waals surface area contributed by atoms with Crippen LogP contribution in [0.2, 0.25) is 0 Å². The van der Waals surface area contributed by atoms with E-state index in [1.54, 1.807) is 6.92 Å². The van der Waals surface area contributed by atoms with Crippen LogP contribution in [0.15, 0.2) is 23.1 Å². The van der Waals surface area contributed by atoms with E-state index in [4.69, 9.17) is 0 Å². The molecule has 0 unspecified atom stereocenters. The van der Waals surface area contributed by atoms with E-state index >= 15 is 0 Å². The van der Waals surface area contributed by atoms with E-state index in [-0.39, 0.29) is 25.9 Å². The molecular weight excluding hydrogens is 276 g/mol. The predicted octanol–water partition coefficient (Wildman–Crippen LogP) is 1.50. The van der Waals surface area contributed by atoms with Gasteiger partial charge in [0.15, 0.2) is 0 Å². The summed E-state index contributed by atoms with van der Waals surface area (Å²) in [5.41, 5.74) is -0.910. The van der Waals surface area contributed by atoms with Gasteiger partial charge in [-0.15, -0.1) is 0 Å². The van der Waals surface area contributed by atoms with Crippen LogP contribution in [0, 0.1) is 11.6 Å². The lowest BCUT2D eigenvalue weighted by Crippen LogP contribution is -2.45. The number of aliphatic hydroxyl groups is 1. The van der Waals surface area contributed by atoms with Gasteiger partial charge in [0.2, 0.25) is 10.0 Å². The van der Waals surface area contributed by atoms with Crippen LogP contribution < -0.4 is 0 Å². The highest BCUT2D eigenvalue weighted by Gasteiger charge is 2.35. The molecule has 0 amide bonds. The van der Waals surface area contributed by atoms with Gasteiger partial charge in [-0.05, 0) is 38.0 Å². The number of piperidine rings is 1. The molecule has 1 aliphatic rings. The highest BCUT2D eigenvalue weighted by atomic mass is 32.2. The summed E-state index contributed by atoms with van der Waals surface area (Å²) in [6.45, 7) is 1.80. The first-order valence-corrected chi connectivity index (χ1v) is 7.34. The van der Waals surface area contributed by atoms with Crippen molar-refractivity contribution in [2.45, 2.75) is 30.3 Å². The van der Waals surface area contributed by atoms with E-state index in [2.05, 4.69) is 0 Å². The molecule has 106 valence electrons. The zero-order valence-electron chi connectivity index (χ0n) is 10.4. The largest absolute Gasteiger partial charge is 0.390 e. The molecule has 19 heavy (non-hydrogen) atoms. The zero-order valence-corrected chi connectivity index (χ0v) is 11.3. The van der Waals surface area contributed by atoms with E-state index < -0.39 is 32.2 Å². The highest BCUT2D eigenvalue weighted by Crippen LogP contribution is 2.27. The molecule has 1 aromatic rings. The minimum absolute atomic E-state index is 0.0886. The van der Waals surface area contributed by atoms with Crippen molar-refractivity contribution in [3.8, 4) is 0 Å². The number of rotatable bonds is 2. The Balaban J connectivity index is 2.31. The predicted molar refractivity (Wildman–Crippen MR) is 65.0 cm³/mol. The summed E-state index contributed by atoms with van der Waals surface area (Å²) in [5, 5.41) is 9.77. The Morgan fingerprint density at radius 2 is 1.84 bits per heavy atom. The normalized spacial score (nSPS) is 20.4. The zero-order chi connectivity index (χ0) is 14.3. The molecule has 0 aromatic heterocycles. The number of hydrogen-bond donors (Lipinski definition) is 1. The quantitative estimate of drug-likeness (QED) is 0.898. The molecule has 7 heteroatoms. The van der Waals surface area contributed by atoms with Crippen molar-refractivity contribution in [3.63, 3.8) is 0 Å². The van der Waals surface area contributed by atoms with Crippen LogP contribution >= 0.6 is 0 Å². The van der Waals surface area contributed by atoms with Gasteiger partial charge in [-0.3, -0.25) is 0 Å². The van der Waals surface area contributed by atoms with Gasteiger partial charge in [0, 0.05) is 13.1 Å². The van der Waals surface area contributed by atoms with Gasteiger partial charge in [-0.1, -0.05) is 0 Å². The number of nitrogens with zero attached hydrogens (tertiary/aromatic N) is 1. The van der Waals surface area contributed by atoms with Crippen molar-refractivity contribution in [2.24, 2.45) is 0 Å². The van der Waals surface area contributed by atoms with Crippen molar-refractivity contribution < 1.29 is 22.3 Å². The maximum atomic E-state index is 13.6. The van der Waals surface area contributed by atoms with E-state index in [1.165, 1.54) is 0 Å². The second-order valence-electron chi connectivity index (χ2n) is 4.98. The van der Waals surface area contributed by atoms with Gasteiger partial charge in [0.25, 0.3) is 0 Å². The van der Waals surface area contributed by atoms with E-state index in [9.17, 15) is 22.3 Å². The van der Waals surface area contributed by atoms with Crippen LogP contribution in [-0.2, 0) is 10.0 Å². The standard InChI is InChI=1S/C12H15F2NO3S/c1-12(16)4-6-15(7-5-12)19(17,18)11-8-9(13)2-3-10(11)14/h2-3,8,16H,4-7H2,1H3. The molecule has 0 spiro atoms. The van der Waals surface area contributed by atoms with E-state index in [0.717, 1.165) is 16.4 Å². The smallest absolute Gasteiger partial charge is 0.246 e. The summed E-state index contributed by atoms with van der Waals surface area (Å²) >= 11 is 0. The summed E-state index contributed by atoms with van der Waals surface area (Å²) in [6.07, 6.45) is 0.534. The second kappa shape index (κ2) is 4.81. The second-order valence-corrected chi connectivity index (χ2v) is 6.88. The van der Waals surface area contributed by atoms with Gasteiger partial charge in [-0.2, -0.15) is 4.31 Å². The molecule has 0 atom stereocenters. The molecule has 4 nitrogen and oxygen atoms in total. The fraction of sp³-hybridized carbons (Fsp3) is 0.500. The number of benzene rings is 1. The van der Waals surface area contributed by atoms with Crippen molar-refractivity contribution in [1.82, 2.24) is 4.31 Å². The average Bonchev–Trinajstić information content (AvgIpc) is 2.31. The molecule has 0 saturated carbocycles. The summed E-state index contributed by atoms with van der Waals surface area (Å²) in [4.78, 5) is -0.658. The van der Waals surface area contributed by atoms with Crippen molar-refractivity contribution in [3.05, 3.63) is 29.8 Å². The van der Waals surface area contributed by atoms with Gasteiger partial charge in [0.05, 0.1) is 5.60 Å². The third-order valence-corrected chi connectivity index (χ3v) is 5.22. The van der Waals surface area contributed by atoms with Crippen LogP contribution in [0.3, 0.4) is 0 Å². The Hall–Kier alpha value is -1.05. The first-order valence-electron chi connectivity index (χ1n) is 5.90. The minimum atomic E-state index is -4.06. The lowest BCUT2D eigenvalue weighted by atomic mass is 9.95. The fourth-order valence-corrected chi connectivity index (χ4v) is 3.54. The summed E-state index contributed by atoms with van der Waals surface area (Å²) in [5.74, 6) is -1.78. The van der Waals surface area contributed by atoms with Gasteiger partial charge in [-0.25, -0.2) is 17.2 Å². The molecule has 1 aromatic carbocycles. The Labute approximate surface area is 110 Å². The summed E-state index contributed by atoms with van der Waals surface area (Å²) in [6, 6.07) is 2.34. The molecular formula is C12H15F2NO3S. The number of sulfonamides is 1. The molecule has 0 aliphatic carbocycles. The molecule has 0 radical (unpaired) electrons. The van der Waals surface area contributed by atoms with Gasteiger partial charge >= 0.3 is 0 Å². The lowest BCUT2D eigenvalue weighted by Gasteiger charge is -2.34. The molecule has 0 bridgehead atoms. The minimum Gasteiger partial charge on any atom is -0.390 e. The van der Waals surface area contributed by atoms with E-state index in [1.807, 2.05) is 0 Å². The van der Waals surface area contributed by atoms with Crippen LogP contribution in [0.1, 0.15) is 19.8 Å². The first-order chi connectivity index (χ1) is 8.72. The Morgan fingerprint density at radius 1 is 1.26 bits per heavy atom. The van der Waals surface area contributed by atoms with Crippen LogP contribution in [0.5, 0.6) is 0 Å². The highest BCUT2D eigenvalue weighted by molar-refractivity contribution is 7.89. The first kappa shape index (κ1) is 14.4. The SMILES string of the molecule is CC1(O)CCN(S(=O)(=O)c2cc(F)ccc2F)CC1.